The summed E-state index contributed by atoms with van der Waals surface area (Å²) in [4.78, 5) is 4.22. The lowest BCUT2D eigenvalue weighted by atomic mass is 10.1. The summed E-state index contributed by atoms with van der Waals surface area (Å²) < 4.78 is 5.62. The molecule has 1 N–H and O–H groups in total. The van der Waals surface area contributed by atoms with Gasteiger partial charge in [-0.25, -0.2) is 4.98 Å². The highest BCUT2D eigenvalue weighted by Crippen LogP contribution is 2.17. The number of nitrogens with zero attached hydrogens (tertiary/aromatic N) is 1. The number of aromatic nitrogens is 1. The second kappa shape index (κ2) is 7.28. The normalized spacial score (nSPS) is 12.8. The van der Waals surface area contributed by atoms with Crippen molar-refractivity contribution < 1.29 is 4.74 Å². The van der Waals surface area contributed by atoms with Crippen molar-refractivity contribution in [3.8, 4) is 5.88 Å². The Bertz CT molecular complexity index is 326. The highest BCUT2D eigenvalue weighted by Gasteiger charge is 2.06. The van der Waals surface area contributed by atoms with Crippen molar-refractivity contribution in [2.75, 3.05) is 13.2 Å². The summed E-state index contributed by atoms with van der Waals surface area (Å²) in [5, 5.41) is 3.46. The van der Waals surface area contributed by atoms with Gasteiger partial charge in [-0.3, -0.25) is 0 Å². The maximum atomic E-state index is 5.62. The molecule has 0 radical (unpaired) electrons. The van der Waals surface area contributed by atoms with Crippen LogP contribution in [0.15, 0.2) is 18.3 Å². The Morgan fingerprint density at radius 2 is 2.12 bits per heavy atom. The van der Waals surface area contributed by atoms with Crippen molar-refractivity contribution in [2.24, 2.45) is 5.92 Å². The van der Waals surface area contributed by atoms with Crippen molar-refractivity contribution in [2.45, 2.75) is 40.2 Å². The van der Waals surface area contributed by atoms with E-state index in [4.69, 9.17) is 4.74 Å². The maximum Gasteiger partial charge on any atom is 0.213 e. The van der Waals surface area contributed by atoms with Gasteiger partial charge >= 0.3 is 0 Å². The minimum Gasteiger partial charge on any atom is -0.477 e. The smallest absolute Gasteiger partial charge is 0.213 e. The molecule has 3 nitrogen and oxygen atoms in total. The molecule has 1 atom stereocenters. The maximum absolute atomic E-state index is 5.62. The number of rotatable bonds is 7. The summed E-state index contributed by atoms with van der Waals surface area (Å²) in [7, 11) is 0. The summed E-state index contributed by atoms with van der Waals surface area (Å²) in [6.45, 7) is 10.4. The van der Waals surface area contributed by atoms with E-state index in [0.29, 0.717) is 18.6 Å². The van der Waals surface area contributed by atoms with Crippen molar-refractivity contribution >= 4 is 0 Å². The molecule has 0 spiro atoms. The van der Waals surface area contributed by atoms with Gasteiger partial charge in [-0.05, 0) is 37.4 Å². The molecule has 1 aromatic rings. The Labute approximate surface area is 105 Å². The average Bonchev–Trinajstić information content (AvgIpc) is 2.33. The van der Waals surface area contributed by atoms with Crippen LogP contribution in [0.3, 0.4) is 0 Å². The van der Waals surface area contributed by atoms with Crippen LogP contribution in [0.2, 0.25) is 0 Å². The van der Waals surface area contributed by atoms with Crippen LogP contribution in [0.1, 0.15) is 45.7 Å². The first-order valence-electron chi connectivity index (χ1n) is 6.45. The second-order valence-electron chi connectivity index (χ2n) is 4.81. The molecule has 0 aliphatic rings. The Kier molecular flexibility index (Phi) is 5.98. The van der Waals surface area contributed by atoms with Crippen molar-refractivity contribution in [3.63, 3.8) is 0 Å². The number of pyridine rings is 1. The fraction of sp³-hybridized carbons (Fsp3) is 0.643. The zero-order valence-electron chi connectivity index (χ0n) is 11.4. The summed E-state index contributed by atoms with van der Waals surface area (Å²) in [6, 6.07) is 4.41. The SMILES string of the molecule is CCCNC(C)c1ccnc(OCC(C)C)c1. The predicted octanol–water partition coefficient (Wildman–Crippen LogP) is 3.18. The molecule has 3 heteroatoms. The van der Waals surface area contributed by atoms with E-state index in [1.165, 1.54) is 5.56 Å². The third-order valence-electron chi connectivity index (χ3n) is 2.52. The average molecular weight is 236 g/mol. The second-order valence-corrected chi connectivity index (χ2v) is 4.81. The van der Waals surface area contributed by atoms with E-state index in [9.17, 15) is 0 Å². The molecule has 0 fully saturated rings. The highest BCUT2D eigenvalue weighted by molar-refractivity contribution is 5.23. The molecule has 1 aromatic heterocycles. The van der Waals surface area contributed by atoms with Crippen LogP contribution in [0.4, 0.5) is 0 Å². The van der Waals surface area contributed by atoms with E-state index in [-0.39, 0.29) is 0 Å². The lowest BCUT2D eigenvalue weighted by Gasteiger charge is -2.15. The highest BCUT2D eigenvalue weighted by atomic mass is 16.5. The first-order valence-corrected chi connectivity index (χ1v) is 6.45. The fourth-order valence-corrected chi connectivity index (χ4v) is 1.50. The predicted molar refractivity (Wildman–Crippen MR) is 71.3 cm³/mol. The summed E-state index contributed by atoms with van der Waals surface area (Å²) in [5.74, 6) is 1.25. The van der Waals surface area contributed by atoms with E-state index >= 15 is 0 Å². The van der Waals surface area contributed by atoms with Gasteiger partial charge in [0.1, 0.15) is 0 Å². The molecule has 0 aliphatic heterocycles. The summed E-state index contributed by atoms with van der Waals surface area (Å²) in [5.41, 5.74) is 1.23. The van der Waals surface area contributed by atoms with E-state index in [1.54, 1.807) is 0 Å². The molecule has 0 aliphatic carbocycles. The number of nitrogens with one attached hydrogen (secondary N) is 1. The zero-order chi connectivity index (χ0) is 12.7. The van der Waals surface area contributed by atoms with Crippen LogP contribution >= 0.6 is 0 Å². The minimum atomic E-state index is 0.347. The van der Waals surface area contributed by atoms with Gasteiger partial charge in [-0.2, -0.15) is 0 Å². The number of ether oxygens (including phenoxy) is 1. The van der Waals surface area contributed by atoms with Crippen LogP contribution in [-0.2, 0) is 0 Å². The Morgan fingerprint density at radius 3 is 2.76 bits per heavy atom. The monoisotopic (exact) mass is 236 g/mol. The zero-order valence-corrected chi connectivity index (χ0v) is 11.4. The van der Waals surface area contributed by atoms with Gasteiger partial charge in [0.05, 0.1) is 6.61 Å². The van der Waals surface area contributed by atoms with Crippen LogP contribution in [-0.4, -0.2) is 18.1 Å². The van der Waals surface area contributed by atoms with E-state index in [1.807, 2.05) is 18.3 Å². The van der Waals surface area contributed by atoms with E-state index in [2.05, 4.69) is 38.0 Å². The molecular formula is C14H24N2O. The molecule has 1 heterocycles. The number of hydrogen-bond acceptors (Lipinski definition) is 3. The number of hydrogen-bond donors (Lipinski definition) is 1. The quantitative estimate of drug-likeness (QED) is 0.789. The van der Waals surface area contributed by atoms with Crippen molar-refractivity contribution in [1.29, 1.82) is 0 Å². The van der Waals surface area contributed by atoms with Gasteiger partial charge in [0.2, 0.25) is 5.88 Å². The van der Waals surface area contributed by atoms with Crippen molar-refractivity contribution in [3.05, 3.63) is 23.9 Å². The first kappa shape index (κ1) is 14.0. The van der Waals surface area contributed by atoms with E-state index in [0.717, 1.165) is 18.8 Å². The van der Waals surface area contributed by atoms with Gasteiger partial charge in [0, 0.05) is 18.3 Å². The lowest BCUT2D eigenvalue weighted by molar-refractivity contribution is 0.261. The van der Waals surface area contributed by atoms with Crippen LogP contribution in [0.25, 0.3) is 0 Å². The molecule has 0 aromatic carbocycles. The third-order valence-corrected chi connectivity index (χ3v) is 2.52. The molecule has 1 rings (SSSR count). The van der Waals surface area contributed by atoms with Gasteiger partial charge < -0.3 is 10.1 Å². The fourth-order valence-electron chi connectivity index (χ4n) is 1.50. The third kappa shape index (κ3) is 5.18. The van der Waals surface area contributed by atoms with Crippen molar-refractivity contribution in [1.82, 2.24) is 10.3 Å². The molecule has 17 heavy (non-hydrogen) atoms. The molecule has 1 unspecified atom stereocenters. The standard InChI is InChI=1S/C14H24N2O/c1-5-7-15-12(4)13-6-8-16-14(9-13)17-10-11(2)3/h6,8-9,11-12,15H,5,7,10H2,1-4H3. The Hall–Kier alpha value is -1.09. The van der Waals surface area contributed by atoms with Gasteiger partial charge in [0.15, 0.2) is 0 Å². The molecule has 0 saturated heterocycles. The molecule has 96 valence electrons. The van der Waals surface area contributed by atoms with Gasteiger partial charge in [0.25, 0.3) is 0 Å². The molecule has 0 amide bonds. The molecular weight excluding hydrogens is 212 g/mol. The minimum absolute atomic E-state index is 0.347. The van der Waals surface area contributed by atoms with Crippen LogP contribution in [0, 0.1) is 5.92 Å². The summed E-state index contributed by atoms with van der Waals surface area (Å²) >= 11 is 0. The van der Waals surface area contributed by atoms with Gasteiger partial charge in [-0.1, -0.05) is 20.8 Å². The summed E-state index contributed by atoms with van der Waals surface area (Å²) in [6.07, 6.45) is 2.96. The Morgan fingerprint density at radius 1 is 1.35 bits per heavy atom. The molecule has 0 saturated carbocycles. The van der Waals surface area contributed by atoms with Crippen LogP contribution < -0.4 is 10.1 Å². The van der Waals surface area contributed by atoms with Crippen LogP contribution in [0.5, 0.6) is 5.88 Å². The largest absolute Gasteiger partial charge is 0.477 e. The molecule has 0 bridgehead atoms. The van der Waals surface area contributed by atoms with Gasteiger partial charge in [-0.15, -0.1) is 0 Å². The first-order chi connectivity index (χ1) is 8.13. The van der Waals surface area contributed by atoms with E-state index < -0.39 is 0 Å². The topological polar surface area (TPSA) is 34.2 Å². The Balaban J connectivity index is 2.58. The lowest BCUT2D eigenvalue weighted by Crippen LogP contribution is -2.19.